The number of nitrogens with one attached hydrogen (secondary N) is 1. The van der Waals surface area contributed by atoms with Crippen LogP contribution in [0.1, 0.15) is 39.2 Å². The van der Waals surface area contributed by atoms with E-state index in [1.54, 1.807) is 7.11 Å². The van der Waals surface area contributed by atoms with E-state index in [1.165, 1.54) is 0 Å². The summed E-state index contributed by atoms with van der Waals surface area (Å²) in [5.41, 5.74) is 0.924. The summed E-state index contributed by atoms with van der Waals surface area (Å²) in [6, 6.07) is 1.94. The quantitative estimate of drug-likeness (QED) is 0.860. The lowest BCUT2D eigenvalue weighted by Crippen LogP contribution is -2.10. The fourth-order valence-corrected chi connectivity index (χ4v) is 2.08. The van der Waals surface area contributed by atoms with Crippen molar-refractivity contribution < 1.29 is 4.74 Å². The van der Waals surface area contributed by atoms with Crippen molar-refractivity contribution in [1.29, 1.82) is 0 Å². The summed E-state index contributed by atoms with van der Waals surface area (Å²) in [5.74, 6) is 2.56. The third kappa shape index (κ3) is 5.69. The highest BCUT2D eigenvalue weighted by Crippen LogP contribution is 2.26. The minimum Gasteiger partial charge on any atom is -0.378 e. The van der Waals surface area contributed by atoms with Gasteiger partial charge in [-0.1, -0.05) is 20.8 Å². The standard InChI is InChI=1S/C13H23N3OS/c1-6-14-11-7-10(8-17-5)15-12(16-11)9-18-13(2,3)4/h7H,6,8-9H2,1-5H3,(H,14,15,16). The molecule has 0 bridgehead atoms. The SMILES string of the molecule is CCNc1cc(COC)nc(CSC(C)(C)C)n1. The van der Waals surface area contributed by atoms with Crippen LogP contribution < -0.4 is 5.32 Å². The molecule has 0 saturated heterocycles. The van der Waals surface area contributed by atoms with E-state index in [-0.39, 0.29) is 4.75 Å². The molecule has 4 nitrogen and oxygen atoms in total. The van der Waals surface area contributed by atoms with Gasteiger partial charge in [0.05, 0.1) is 18.1 Å². The summed E-state index contributed by atoms with van der Waals surface area (Å²) in [6.07, 6.45) is 0. The molecular formula is C13H23N3OS. The first-order chi connectivity index (χ1) is 8.44. The second-order valence-electron chi connectivity index (χ2n) is 5.03. The Balaban J connectivity index is 2.81. The van der Waals surface area contributed by atoms with Gasteiger partial charge in [0.2, 0.25) is 0 Å². The molecule has 0 fully saturated rings. The Hall–Kier alpha value is -0.810. The molecule has 1 heterocycles. The van der Waals surface area contributed by atoms with Gasteiger partial charge >= 0.3 is 0 Å². The van der Waals surface area contributed by atoms with Crippen LogP contribution in [0.3, 0.4) is 0 Å². The summed E-state index contributed by atoms with van der Waals surface area (Å²) in [7, 11) is 1.68. The van der Waals surface area contributed by atoms with Gasteiger partial charge in [-0.15, -0.1) is 11.8 Å². The molecular weight excluding hydrogens is 246 g/mol. The molecule has 0 saturated carbocycles. The molecule has 0 amide bonds. The lowest BCUT2D eigenvalue weighted by Gasteiger charge is -2.17. The number of ether oxygens (including phenoxy) is 1. The van der Waals surface area contributed by atoms with E-state index in [0.717, 1.165) is 29.6 Å². The van der Waals surface area contributed by atoms with Gasteiger partial charge in [-0.05, 0) is 6.92 Å². The van der Waals surface area contributed by atoms with Crippen LogP contribution in [0.2, 0.25) is 0 Å². The number of methoxy groups -OCH3 is 1. The third-order valence-electron chi connectivity index (χ3n) is 2.11. The highest BCUT2D eigenvalue weighted by molar-refractivity contribution is 7.99. The fourth-order valence-electron chi connectivity index (χ4n) is 1.39. The molecule has 0 aliphatic heterocycles. The van der Waals surface area contributed by atoms with Gasteiger partial charge in [-0.2, -0.15) is 0 Å². The molecule has 0 aromatic carbocycles. The topological polar surface area (TPSA) is 47.0 Å². The molecule has 1 N–H and O–H groups in total. The highest BCUT2D eigenvalue weighted by Gasteiger charge is 2.12. The molecule has 0 spiro atoms. The molecule has 5 heteroatoms. The van der Waals surface area contributed by atoms with Crippen LogP contribution in [0, 0.1) is 0 Å². The van der Waals surface area contributed by atoms with Gasteiger partial charge in [-0.3, -0.25) is 0 Å². The summed E-state index contributed by atoms with van der Waals surface area (Å²) in [5, 5.41) is 3.23. The van der Waals surface area contributed by atoms with Gasteiger partial charge in [0.1, 0.15) is 11.6 Å². The zero-order valence-electron chi connectivity index (χ0n) is 11.9. The molecule has 1 aromatic heterocycles. The molecule has 1 rings (SSSR count). The Kier molecular flexibility index (Phi) is 5.88. The predicted octanol–water partition coefficient (Wildman–Crippen LogP) is 3.09. The molecule has 0 radical (unpaired) electrons. The van der Waals surface area contributed by atoms with Crippen molar-refractivity contribution in [1.82, 2.24) is 9.97 Å². The minimum absolute atomic E-state index is 0.221. The van der Waals surface area contributed by atoms with E-state index in [9.17, 15) is 0 Å². The van der Waals surface area contributed by atoms with E-state index >= 15 is 0 Å². The monoisotopic (exact) mass is 269 g/mol. The highest BCUT2D eigenvalue weighted by atomic mass is 32.2. The smallest absolute Gasteiger partial charge is 0.140 e. The van der Waals surface area contributed by atoms with Crippen LogP contribution in [-0.2, 0) is 17.1 Å². The van der Waals surface area contributed by atoms with Gasteiger partial charge in [0.15, 0.2) is 0 Å². The lowest BCUT2D eigenvalue weighted by molar-refractivity contribution is 0.181. The zero-order valence-corrected chi connectivity index (χ0v) is 12.7. The van der Waals surface area contributed by atoms with Crippen LogP contribution in [0.15, 0.2) is 6.07 Å². The van der Waals surface area contributed by atoms with Crippen LogP contribution in [0.5, 0.6) is 0 Å². The van der Waals surface area contributed by atoms with Crippen LogP contribution in [0.4, 0.5) is 5.82 Å². The lowest BCUT2D eigenvalue weighted by atomic mass is 10.3. The largest absolute Gasteiger partial charge is 0.378 e. The first-order valence-corrected chi connectivity index (χ1v) is 7.16. The number of rotatable bonds is 6. The van der Waals surface area contributed by atoms with Crippen molar-refractivity contribution in [2.75, 3.05) is 19.0 Å². The summed E-state index contributed by atoms with van der Waals surface area (Å²) < 4.78 is 5.36. The number of hydrogen-bond donors (Lipinski definition) is 1. The van der Waals surface area contributed by atoms with Crippen molar-refractivity contribution in [3.63, 3.8) is 0 Å². The van der Waals surface area contributed by atoms with Crippen LogP contribution in [-0.4, -0.2) is 28.4 Å². The molecule has 0 aliphatic rings. The molecule has 1 aromatic rings. The van der Waals surface area contributed by atoms with E-state index in [4.69, 9.17) is 4.74 Å². The molecule has 0 atom stereocenters. The number of thioether (sulfide) groups is 1. The fraction of sp³-hybridized carbons (Fsp3) is 0.692. The Bertz CT molecular complexity index is 353. The summed E-state index contributed by atoms with van der Waals surface area (Å²) in [4.78, 5) is 9.02. The minimum atomic E-state index is 0.221. The number of anilines is 1. The van der Waals surface area contributed by atoms with Crippen LogP contribution in [0.25, 0.3) is 0 Å². The maximum Gasteiger partial charge on any atom is 0.140 e. The van der Waals surface area contributed by atoms with Crippen molar-refractivity contribution >= 4 is 17.6 Å². The van der Waals surface area contributed by atoms with Crippen molar-refractivity contribution in [2.45, 2.75) is 44.8 Å². The maximum absolute atomic E-state index is 5.14. The summed E-state index contributed by atoms with van der Waals surface area (Å²) >= 11 is 1.85. The Morgan fingerprint density at radius 1 is 1.33 bits per heavy atom. The average molecular weight is 269 g/mol. The first kappa shape index (κ1) is 15.2. The van der Waals surface area contributed by atoms with Gasteiger partial charge < -0.3 is 10.1 Å². The van der Waals surface area contributed by atoms with E-state index in [1.807, 2.05) is 17.8 Å². The van der Waals surface area contributed by atoms with Gasteiger partial charge in [0.25, 0.3) is 0 Å². The zero-order chi connectivity index (χ0) is 13.6. The first-order valence-electron chi connectivity index (χ1n) is 6.18. The number of aromatic nitrogens is 2. The second kappa shape index (κ2) is 6.95. The normalized spacial score (nSPS) is 11.6. The van der Waals surface area contributed by atoms with Crippen molar-refractivity contribution in [2.24, 2.45) is 0 Å². The van der Waals surface area contributed by atoms with Gasteiger partial charge in [0, 0.05) is 24.5 Å². The van der Waals surface area contributed by atoms with Crippen molar-refractivity contribution in [3.05, 3.63) is 17.6 Å². The van der Waals surface area contributed by atoms with E-state index in [0.29, 0.717) is 6.61 Å². The van der Waals surface area contributed by atoms with E-state index in [2.05, 4.69) is 43.0 Å². The molecule has 102 valence electrons. The number of nitrogens with zero attached hydrogens (tertiary/aromatic N) is 2. The number of hydrogen-bond acceptors (Lipinski definition) is 5. The summed E-state index contributed by atoms with van der Waals surface area (Å²) in [6.45, 7) is 10.0. The Morgan fingerprint density at radius 3 is 2.61 bits per heavy atom. The second-order valence-corrected chi connectivity index (χ2v) is 6.83. The molecule has 0 unspecified atom stereocenters. The molecule has 0 aliphatic carbocycles. The Labute approximate surface area is 114 Å². The predicted molar refractivity (Wildman–Crippen MR) is 78.0 cm³/mol. The third-order valence-corrected chi connectivity index (χ3v) is 3.38. The molecule has 18 heavy (non-hydrogen) atoms. The van der Waals surface area contributed by atoms with Crippen molar-refractivity contribution in [3.8, 4) is 0 Å². The Morgan fingerprint density at radius 2 is 2.06 bits per heavy atom. The van der Waals surface area contributed by atoms with Crippen LogP contribution >= 0.6 is 11.8 Å². The average Bonchev–Trinajstić information content (AvgIpc) is 2.26. The van der Waals surface area contributed by atoms with Gasteiger partial charge in [-0.25, -0.2) is 9.97 Å². The maximum atomic E-state index is 5.14. The van der Waals surface area contributed by atoms with E-state index < -0.39 is 0 Å².